The lowest BCUT2D eigenvalue weighted by atomic mass is 10.0. The molecule has 0 fully saturated rings. The van der Waals surface area contributed by atoms with E-state index in [0.29, 0.717) is 6.54 Å². The Morgan fingerprint density at radius 2 is 1.11 bits per heavy atom. The molecule has 3 rings (SSSR count). The molecule has 0 aliphatic carbocycles. The van der Waals surface area contributed by atoms with Gasteiger partial charge in [0.1, 0.15) is 11.5 Å². The number of ether oxygens (including phenoxy) is 2. The van der Waals surface area contributed by atoms with Gasteiger partial charge in [-0.15, -0.1) is 0 Å². The van der Waals surface area contributed by atoms with E-state index >= 15 is 0 Å². The summed E-state index contributed by atoms with van der Waals surface area (Å²) < 4.78 is 12.0. The highest BCUT2D eigenvalue weighted by Crippen LogP contribution is 2.38. The van der Waals surface area contributed by atoms with Gasteiger partial charge in [-0.05, 0) is 92.4 Å². The average Bonchev–Trinajstić information content (AvgIpc) is 2.94. The maximum absolute atomic E-state index is 6.00. The van der Waals surface area contributed by atoms with Gasteiger partial charge in [0.2, 0.25) is 0 Å². The van der Waals surface area contributed by atoms with Gasteiger partial charge in [-0.2, -0.15) is 0 Å². The fourth-order valence-electron chi connectivity index (χ4n) is 4.48. The van der Waals surface area contributed by atoms with Crippen molar-refractivity contribution in [3.63, 3.8) is 0 Å². The van der Waals surface area contributed by atoms with E-state index in [1.54, 1.807) is 0 Å². The van der Waals surface area contributed by atoms with Crippen molar-refractivity contribution < 1.29 is 9.47 Å². The van der Waals surface area contributed by atoms with Crippen LogP contribution in [0.25, 0.3) is 0 Å². The molecule has 0 spiro atoms. The Morgan fingerprint density at radius 1 is 0.595 bits per heavy atom. The number of nitrogens with zero attached hydrogens (tertiary/aromatic N) is 1. The van der Waals surface area contributed by atoms with Crippen LogP contribution in [0.2, 0.25) is 0 Å². The van der Waals surface area contributed by atoms with Crippen LogP contribution < -0.4 is 20.1 Å². The van der Waals surface area contributed by atoms with Crippen LogP contribution in [-0.4, -0.2) is 19.8 Å². The van der Waals surface area contributed by atoms with E-state index < -0.39 is 0 Å². The molecule has 37 heavy (non-hydrogen) atoms. The minimum absolute atomic E-state index is 0.683. The van der Waals surface area contributed by atoms with Crippen LogP contribution >= 0.6 is 0 Å². The van der Waals surface area contributed by atoms with Crippen molar-refractivity contribution in [2.24, 2.45) is 5.73 Å². The quantitative estimate of drug-likeness (QED) is 0.176. The molecular formula is C33H46N2O2. The lowest BCUT2D eigenvalue weighted by Gasteiger charge is -2.28. The van der Waals surface area contributed by atoms with Crippen LogP contribution in [-0.2, 0) is 6.42 Å². The average molecular weight is 503 g/mol. The highest BCUT2D eigenvalue weighted by Gasteiger charge is 2.16. The highest BCUT2D eigenvalue weighted by atomic mass is 16.5. The van der Waals surface area contributed by atoms with Crippen LogP contribution in [0.4, 0.5) is 17.1 Å². The van der Waals surface area contributed by atoms with Crippen molar-refractivity contribution in [1.29, 1.82) is 0 Å². The molecule has 0 bridgehead atoms. The first-order chi connectivity index (χ1) is 18.3. The van der Waals surface area contributed by atoms with Crippen molar-refractivity contribution in [3.8, 4) is 11.5 Å². The predicted octanol–water partition coefficient (Wildman–Crippen LogP) is 8.97. The third-order valence-corrected chi connectivity index (χ3v) is 6.61. The van der Waals surface area contributed by atoms with E-state index in [-0.39, 0.29) is 0 Å². The highest BCUT2D eigenvalue weighted by molar-refractivity contribution is 5.78. The molecule has 0 aliphatic heterocycles. The molecule has 0 saturated carbocycles. The summed E-state index contributed by atoms with van der Waals surface area (Å²) >= 11 is 0. The minimum Gasteiger partial charge on any atom is -0.494 e. The topological polar surface area (TPSA) is 47.7 Å². The molecule has 200 valence electrons. The molecule has 4 heteroatoms. The zero-order valence-electron chi connectivity index (χ0n) is 23.0. The summed E-state index contributed by atoms with van der Waals surface area (Å²) in [7, 11) is 0. The molecule has 0 amide bonds. The number of hydrogen-bond acceptors (Lipinski definition) is 4. The van der Waals surface area contributed by atoms with Gasteiger partial charge in [0.05, 0.1) is 13.2 Å². The van der Waals surface area contributed by atoms with Crippen LogP contribution in [0.3, 0.4) is 0 Å². The second kappa shape index (κ2) is 16.7. The molecule has 2 N–H and O–H groups in total. The first kappa shape index (κ1) is 28.6. The third kappa shape index (κ3) is 9.44. The second-order valence-electron chi connectivity index (χ2n) is 9.66. The molecule has 3 aromatic carbocycles. The van der Waals surface area contributed by atoms with Crippen molar-refractivity contribution in [3.05, 3.63) is 78.4 Å². The number of para-hydroxylation sites is 1. The third-order valence-electron chi connectivity index (χ3n) is 6.61. The molecule has 0 aromatic heterocycles. The lowest BCUT2D eigenvalue weighted by Crippen LogP contribution is -2.13. The fraction of sp³-hybridized carbons (Fsp3) is 0.455. The summed E-state index contributed by atoms with van der Waals surface area (Å²) in [5.41, 5.74) is 10.5. The monoisotopic (exact) mass is 502 g/mol. The van der Waals surface area contributed by atoms with Gasteiger partial charge >= 0.3 is 0 Å². The number of rotatable bonds is 18. The van der Waals surface area contributed by atoms with Crippen molar-refractivity contribution in [2.75, 3.05) is 24.7 Å². The summed E-state index contributed by atoms with van der Waals surface area (Å²) in [6.07, 6.45) is 11.6. The zero-order valence-corrected chi connectivity index (χ0v) is 23.0. The molecular weight excluding hydrogens is 456 g/mol. The van der Waals surface area contributed by atoms with Gasteiger partial charge in [-0.3, -0.25) is 0 Å². The number of hydrogen-bond donors (Lipinski definition) is 1. The smallest absolute Gasteiger partial charge is 0.119 e. The van der Waals surface area contributed by atoms with E-state index in [4.69, 9.17) is 15.2 Å². The Balaban J connectivity index is 1.80. The van der Waals surface area contributed by atoms with Gasteiger partial charge in [0.15, 0.2) is 0 Å². The summed E-state index contributed by atoms with van der Waals surface area (Å²) in [6, 6.07) is 25.6. The number of nitrogens with two attached hydrogens (primary N) is 1. The fourth-order valence-corrected chi connectivity index (χ4v) is 4.48. The Bertz CT molecular complexity index is 944. The van der Waals surface area contributed by atoms with Gasteiger partial charge in [-0.25, -0.2) is 0 Å². The first-order valence-corrected chi connectivity index (χ1v) is 14.3. The van der Waals surface area contributed by atoms with E-state index in [1.807, 2.05) is 0 Å². The lowest BCUT2D eigenvalue weighted by molar-refractivity contribution is 0.305. The molecule has 0 aliphatic rings. The van der Waals surface area contributed by atoms with E-state index in [2.05, 4.69) is 91.5 Å². The standard InChI is InChI=1S/C33H46N2O2/c1-3-5-7-11-26-36-31-21-17-29(18-22-31)35(33-16-10-9-14-28(33)15-13-25-34)30-19-23-32(24-20-30)37-27-12-8-6-4-2/h9-10,14,16-24H,3-8,11-13,15,25-27,34H2,1-2H3. The maximum atomic E-state index is 6.00. The summed E-state index contributed by atoms with van der Waals surface area (Å²) in [5, 5.41) is 0. The van der Waals surface area contributed by atoms with Crippen LogP contribution in [0.1, 0.15) is 77.2 Å². The molecule has 0 unspecified atom stereocenters. The Labute approximate surface area is 224 Å². The molecule has 0 radical (unpaired) electrons. The Kier molecular flexibility index (Phi) is 12.9. The molecule has 4 nitrogen and oxygen atoms in total. The summed E-state index contributed by atoms with van der Waals surface area (Å²) in [6.45, 7) is 6.68. The predicted molar refractivity (Wildman–Crippen MR) is 158 cm³/mol. The van der Waals surface area contributed by atoms with Crippen molar-refractivity contribution >= 4 is 17.1 Å². The molecule has 0 saturated heterocycles. The molecule has 3 aromatic rings. The van der Waals surface area contributed by atoms with E-state index in [0.717, 1.165) is 61.8 Å². The van der Waals surface area contributed by atoms with Crippen molar-refractivity contribution in [1.82, 2.24) is 0 Å². The van der Waals surface area contributed by atoms with Gasteiger partial charge in [-0.1, -0.05) is 70.6 Å². The van der Waals surface area contributed by atoms with Gasteiger partial charge in [0.25, 0.3) is 0 Å². The normalized spacial score (nSPS) is 10.9. The Morgan fingerprint density at radius 3 is 1.59 bits per heavy atom. The number of benzene rings is 3. The van der Waals surface area contributed by atoms with Crippen LogP contribution in [0, 0.1) is 0 Å². The summed E-state index contributed by atoms with van der Waals surface area (Å²) in [4.78, 5) is 2.32. The Hall–Kier alpha value is -2.98. The number of anilines is 3. The number of aryl methyl sites for hydroxylation is 1. The van der Waals surface area contributed by atoms with Crippen molar-refractivity contribution in [2.45, 2.75) is 78.1 Å². The molecule has 0 heterocycles. The van der Waals surface area contributed by atoms with Gasteiger partial charge in [0, 0.05) is 17.1 Å². The van der Waals surface area contributed by atoms with Crippen LogP contribution in [0.15, 0.2) is 72.8 Å². The largest absolute Gasteiger partial charge is 0.494 e. The van der Waals surface area contributed by atoms with Gasteiger partial charge < -0.3 is 20.1 Å². The second-order valence-corrected chi connectivity index (χ2v) is 9.66. The maximum Gasteiger partial charge on any atom is 0.119 e. The SMILES string of the molecule is CCCCCCOc1ccc(N(c2ccc(OCCCCCC)cc2)c2ccccc2CCCN)cc1. The van der Waals surface area contributed by atoms with E-state index in [9.17, 15) is 0 Å². The minimum atomic E-state index is 0.683. The number of unbranched alkanes of at least 4 members (excludes halogenated alkanes) is 6. The van der Waals surface area contributed by atoms with Crippen LogP contribution in [0.5, 0.6) is 11.5 Å². The zero-order chi connectivity index (χ0) is 26.1. The first-order valence-electron chi connectivity index (χ1n) is 14.3. The molecule has 0 atom stereocenters. The summed E-state index contributed by atoms with van der Waals surface area (Å²) in [5.74, 6) is 1.84. The van der Waals surface area contributed by atoms with E-state index in [1.165, 1.54) is 49.8 Å².